The van der Waals surface area contributed by atoms with Crippen molar-refractivity contribution in [1.82, 2.24) is 14.7 Å². The van der Waals surface area contributed by atoms with Crippen molar-refractivity contribution in [1.29, 1.82) is 0 Å². The van der Waals surface area contributed by atoms with E-state index < -0.39 is 5.60 Å². The number of carbonyl (C=O) groups is 1. The molecule has 6 heteroatoms. The Hall–Kier alpha value is -2.21. The molecule has 0 saturated carbocycles. The molecule has 0 aliphatic carbocycles. The molecule has 0 spiro atoms. The van der Waals surface area contributed by atoms with Crippen molar-refractivity contribution < 1.29 is 14.3 Å². The highest BCUT2D eigenvalue weighted by atomic mass is 19.1. The van der Waals surface area contributed by atoms with Crippen LogP contribution in [0.15, 0.2) is 36.5 Å². The normalized spacial score (nSPS) is 18.2. The van der Waals surface area contributed by atoms with Gasteiger partial charge in [0.05, 0.1) is 29.4 Å². The zero-order valence-electron chi connectivity index (χ0n) is 13.9. The lowest BCUT2D eigenvalue weighted by molar-refractivity contribution is -0.135. The summed E-state index contributed by atoms with van der Waals surface area (Å²) in [5.74, 6) is -0.322. The van der Waals surface area contributed by atoms with Crippen LogP contribution < -0.4 is 0 Å². The Labute approximate surface area is 140 Å². The number of halogens is 1. The predicted octanol–water partition coefficient (Wildman–Crippen LogP) is 2.32. The van der Waals surface area contributed by atoms with Gasteiger partial charge in [-0.05, 0) is 57.0 Å². The van der Waals surface area contributed by atoms with Crippen molar-refractivity contribution in [3.8, 4) is 5.69 Å². The fraction of sp³-hybridized carbons (Fsp3) is 0.444. The fourth-order valence-corrected chi connectivity index (χ4v) is 3.25. The highest BCUT2D eigenvalue weighted by Crippen LogP contribution is 2.27. The number of benzene rings is 1. The Morgan fingerprint density at radius 1 is 1.33 bits per heavy atom. The van der Waals surface area contributed by atoms with Crippen molar-refractivity contribution in [3.63, 3.8) is 0 Å². The number of hydrogen-bond acceptors (Lipinski definition) is 3. The number of aromatic nitrogens is 2. The maximum absolute atomic E-state index is 13.0. The summed E-state index contributed by atoms with van der Waals surface area (Å²) in [7, 11) is 0. The molecule has 24 heavy (non-hydrogen) atoms. The van der Waals surface area contributed by atoms with Gasteiger partial charge in [-0.15, -0.1) is 0 Å². The van der Waals surface area contributed by atoms with E-state index in [2.05, 4.69) is 5.10 Å². The van der Waals surface area contributed by atoms with Gasteiger partial charge in [0, 0.05) is 12.7 Å². The number of carbonyl (C=O) groups excluding carboxylic acids is 1. The minimum atomic E-state index is -0.903. The standard InChI is InChI=1S/C18H22FN3O2/c1-18(2,24)16-4-3-10-21(16)17(23)12-14-9-11-22(20-14)15-7-5-13(19)6-8-15/h5-9,11,16,24H,3-4,10,12H2,1-2H3. The van der Waals surface area contributed by atoms with Crippen molar-refractivity contribution in [2.45, 2.75) is 44.8 Å². The second-order valence-corrected chi connectivity index (χ2v) is 6.80. The molecular weight excluding hydrogens is 309 g/mol. The molecule has 1 aliphatic rings. The van der Waals surface area contributed by atoms with E-state index in [0.29, 0.717) is 12.2 Å². The van der Waals surface area contributed by atoms with E-state index in [4.69, 9.17) is 0 Å². The largest absolute Gasteiger partial charge is 0.388 e. The first-order valence-electron chi connectivity index (χ1n) is 8.17. The number of amides is 1. The van der Waals surface area contributed by atoms with E-state index in [0.717, 1.165) is 18.5 Å². The third-order valence-corrected chi connectivity index (χ3v) is 4.46. The highest BCUT2D eigenvalue weighted by Gasteiger charge is 2.38. The first-order valence-corrected chi connectivity index (χ1v) is 8.17. The van der Waals surface area contributed by atoms with Crippen molar-refractivity contribution >= 4 is 5.91 Å². The molecule has 2 aromatic rings. The van der Waals surface area contributed by atoms with Crippen LogP contribution in [0.3, 0.4) is 0 Å². The van der Waals surface area contributed by atoms with E-state index in [1.807, 2.05) is 0 Å². The summed E-state index contributed by atoms with van der Waals surface area (Å²) in [5.41, 5.74) is 0.496. The minimum absolute atomic E-state index is 0.0241. The van der Waals surface area contributed by atoms with Gasteiger partial charge in [-0.2, -0.15) is 5.10 Å². The van der Waals surface area contributed by atoms with Gasteiger partial charge < -0.3 is 10.0 Å². The molecule has 1 fully saturated rings. The molecule has 1 N–H and O–H groups in total. The number of nitrogens with zero attached hydrogens (tertiary/aromatic N) is 3. The molecule has 1 atom stereocenters. The van der Waals surface area contributed by atoms with Gasteiger partial charge in [-0.25, -0.2) is 9.07 Å². The van der Waals surface area contributed by atoms with Crippen LogP contribution >= 0.6 is 0 Å². The lowest BCUT2D eigenvalue weighted by Crippen LogP contribution is -2.48. The Bertz CT molecular complexity index is 719. The Balaban J connectivity index is 1.70. The Morgan fingerprint density at radius 3 is 2.71 bits per heavy atom. The molecule has 0 radical (unpaired) electrons. The number of hydrogen-bond donors (Lipinski definition) is 1. The third kappa shape index (κ3) is 3.48. The van der Waals surface area contributed by atoms with Gasteiger partial charge in [0.15, 0.2) is 0 Å². The summed E-state index contributed by atoms with van der Waals surface area (Å²) < 4.78 is 14.6. The second kappa shape index (κ2) is 6.36. The minimum Gasteiger partial charge on any atom is -0.388 e. The summed E-state index contributed by atoms with van der Waals surface area (Å²) >= 11 is 0. The van der Waals surface area contributed by atoms with Crippen LogP contribution in [-0.2, 0) is 11.2 Å². The van der Waals surface area contributed by atoms with Gasteiger partial charge >= 0.3 is 0 Å². The van der Waals surface area contributed by atoms with Crippen LogP contribution in [0.1, 0.15) is 32.4 Å². The average Bonchev–Trinajstić information content (AvgIpc) is 3.16. The van der Waals surface area contributed by atoms with Gasteiger partial charge in [-0.3, -0.25) is 4.79 Å². The zero-order valence-corrected chi connectivity index (χ0v) is 13.9. The number of rotatable bonds is 4. The van der Waals surface area contributed by atoms with Gasteiger partial charge in [0.2, 0.25) is 5.91 Å². The van der Waals surface area contributed by atoms with Crippen LogP contribution in [-0.4, -0.2) is 43.9 Å². The first kappa shape index (κ1) is 16.6. The Morgan fingerprint density at radius 2 is 2.04 bits per heavy atom. The summed E-state index contributed by atoms with van der Waals surface area (Å²) in [6.45, 7) is 4.16. The van der Waals surface area contributed by atoms with Crippen LogP contribution in [0.4, 0.5) is 4.39 Å². The van der Waals surface area contributed by atoms with Crippen molar-refractivity contribution in [2.24, 2.45) is 0 Å². The van der Waals surface area contributed by atoms with E-state index in [1.54, 1.807) is 47.8 Å². The molecule has 3 rings (SSSR count). The average molecular weight is 331 g/mol. The van der Waals surface area contributed by atoms with Crippen LogP contribution in [0.5, 0.6) is 0 Å². The summed E-state index contributed by atoms with van der Waals surface area (Å²) in [5, 5.41) is 14.6. The van der Waals surface area contributed by atoms with E-state index in [9.17, 15) is 14.3 Å². The molecule has 1 unspecified atom stereocenters. The topological polar surface area (TPSA) is 58.4 Å². The molecule has 2 heterocycles. The fourth-order valence-electron chi connectivity index (χ4n) is 3.25. The van der Waals surface area contributed by atoms with Crippen molar-refractivity contribution in [2.75, 3.05) is 6.54 Å². The third-order valence-electron chi connectivity index (χ3n) is 4.46. The Kier molecular flexibility index (Phi) is 4.41. The molecule has 5 nitrogen and oxygen atoms in total. The van der Waals surface area contributed by atoms with Crippen molar-refractivity contribution in [3.05, 3.63) is 48.0 Å². The lowest BCUT2D eigenvalue weighted by atomic mass is 9.96. The first-order chi connectivity index (χ1) is 11.3. The maximum Gasteiger partial charge on any atom is 0.229 e. The van der Waals surface area contributed by atoms with Crippen LogP contribution in [0.25, 0.3) is 5.69 Å². The number of aliphatic hydroxyl groups is 1. The van der Waals surface area contributed by atoms with E-state index >= 15 is 0 Å². The van der Waals surface area contributed by atoms with Crippen LogP contribution in [0, 0.1) is 5.82 Å². The molecule has 1 aromatic heterocycles. The molecule has 1 aromatic carbocycles. The summed E-state index contributed by atoms with van der Waals surface area (Å²) in [4.78, 5) is 14.3. The molecule has 1 saturated heterocycles. The van der Waals surface area contributed by atoms with Crippen LogP contribution in [0.2, 0.25) is 0 Å². The molecule has 0 bridgehead atoms. The molecule has 128 valence electrons. The quantitative estimate of drug-likeness (QED) is 0.935. The second-order valence-electron chi connectivity index (χ2n) is 6.80. The molecule has 1 amide bonds. The summed E-state index contributed by atoms with van der Waals surface area (Å²) in [6, 6.07) is 7.66. The smallest absolute Gasteiger partial charge is 0.229 e. The van der Waals surface area contributed by atoms with Gasteiger partial charge in [0.1, 0.15) is 5.82 Å². The number of likely N-dealkylation sites (tertiary alicyclic amines) is 1. The lowest BCUT2D eigenvalue weighted by Gasteiger charge is -2.33. The predicted molar refractivity (Wildman–Crippen MR) is 88.3 cm³/mol. The molecular formula is C18H22FN3O2. The van der Waals surface area contributed by atoms with E-state index in [1.165, 1.54) is 12.1 Å². The summed E-state index contributed by atoms with van der Waals surface area (Å²) in [6.07, 6.45) is 3.68. The van der Waals surface area contributed by atoms with Gasteiger partial charge in [-0.1, -0.05) is 0 Å². The molecule has 1 aliphatic heterocycles. The van der Waals surface area contributed by atoms with Gasteiger partial charge in [0.25, 0.3) is 0 Å². The highest BCUT2D eigenvalue weighted by molar-refractivity contribution is 5.79. The monoisotopic (exact) mass is 331 g/mol. The maximum atomic E-state index is 13.0. The van der Waals surface area contributed by atoms with E-state index in [-0.39, 0.29) is 24.2 Å². The zero-order chi connectivity index (χ0) is 17.3. The SMILES string of the molecule is CC(C)(O)C1CCCN1C(=O)Cc1ccn(-c2ccc(F)cc2)n1.